The maximum atomic E-state index is 5.68. The molecule has 0 N–H and O–H groups in total. The Morgan fingerprint density at radius 1 is 1.48 bits per heavy atom. The van der Waals surface area contributed by atoms with Gasteiger partial charge in [0.05, 0.1) is 24.9 Å². The zero-order valence-corrected chi connectivity index (χ0v) is 13.2. The second-order valence-electron chi connectivity index (χ2n) is 6.00. The SMILES string of the molecule is Cn1nc(C2CCCN2Cc2ccsc2)c2c1CCOC2. The predicted molar refractivity (Wildman–Crippen MR) is 83.3 cm³/mol. The van der Waals surface area contributed by atoms with Gasteiger partial charge in [-0.05, 0) is 41.8 Å². The average Bonchev–Trinajstić information content (AvgIpc) is 3.21. The van der Waals surface area contributed by atoms with E-state index in [1.54, 1.807) is 11.3 Å². The van der Waals surface area contributed by atoms with Crippen molar-refractivity contribution in [1.29, 1.82) is 0 Å². The van der Waals surface area contributed by atoms with Crippen LogP contribution in [-0.2, 0) is 31.4 Å². The molecule has 0 saturated carbocycles. The summed E-state index contributed by atoms with van der Waals surface area (Å²) >= 11 is 1.78. The third-order valence-corrected chi connectivity index (χ3v) is 5.41. The van der Waals surface area contributed by atoms with Crippen LogP contribution in [-0.4, -0.2) is 27.8 Å². The van der Waals surface area contributed by atoms with Crippen LogP contribution in [0.2, 0.25) is 0 Å². The smallest absolute Gasteiger partial charge is 0.0854 e. The molecule has 1 atom stereocenters. The molecule has 21 heavy (non-hydrogen) atoms. The van der Waals surface area contributed by atoms with Crippen LogP contribution in [0, 0.1) is 0 Å². The average molecular weight is 303 g/mol. The van der Waals surface area contributed by atoms with Gasteiger partial charge in [-0.15, -0.1) is 0 Å². The number of ether oxygens (including phenoxy) is 1. The minimum atomic E-state index is 0.460. The zero-order chi connectivity index (χ0) is 14.2. The summed E-state index contributed by atoms with van der Waals surface area (Å²) in [7, 11) is 2.08. The van der Waals surface area contributed by atoms with Crippen molar-refractivity contribution in [1.82, 2.24) is 14.7 Å². The third-order valence-electron chi connectivity index (χ3n) is 4.68. The number of nitrogens with zero attached hydrogens (tertiary/aromatic N) is 3. The first-order valence-electron chi connectivity index (χ1n) is 7.70. The fraction of sp³-hybridized carbons (Fsp3) is 0.562. The maximum absolute atomic E-state index is 5.68. The van der Waals surface area contributed by atoms with Gasteiger partial charge in [0.25, 0.3) is 0 Å². The number of aromatic nitrogens is 2. The van der Waals surface area contributed by atoms with Gasteiger partial charge in [-0.1, -0.05) is 0 Å². The molecule has 112 valence electrons. The Morgan fingerprint density at radius 2 is 2.43 bits per heavy atom. The Labute approximate surface area is 129 Å². The van der Waals surface area contributed by atoms with E-state index in [0.29, 0.717) is 6.04 Å². The van der Waals surface area contributed by atoms with E-state index >= 15 is 0 Å². The van der Waals surface area contributed by atoms with E-state index in [0.717, 1.165) is 26.2 Å². The summed E-state index contributed by atoms with van der Waals surface area (Å²) in [5.41, 5.74) is 5.41. The quantitative estimate of drug-likeness (QED) is 0.873. The molecule has 0 radical (unpaired) electrons. The van der Waals surface area contributed by atoms with E-state index in [1.165, 1.54) is 41.9 Å². The highest BCUT2D eigenvalue weighted by molar-refractivity contribution is 7.07. The summed E-state index contributed by atoms with van der Waals surface area (Å²) < 4.78 is 7.76. The normalized spacial score (nSPS) is 22.6. The molecule has 2 aromatic rings. The molecule has 5 heteroatoms. The van der Waals surface area contributed by atoms with E-state index < -0.39 is 0 Å². The van der Waals surface area contributed by atoms with Crippen LogP contribution in [0.15, 0.2) is 16.8 Å². The lowest BCUT2D eigenvalue weighted by molar-refractivity contribution is 0.107. The monoisotopic (exact) mass is 303 g/mol. The molecule has 0 aromatic carbocycles. The summed E-state index contributed by atoms with van der Waals surface area (Å²) in [5, 5.41) is 9.27. The molecule has 1 fully saturated rings. The van der Waals surface area contributed by atoms with E-state index in [2.05, 4.69) is 33.5 Å². The summed E-state index contributed by atoms with van der Waals surface area (Å²) in [6.45, 7) is 3.78. The molecule has 4 heterocycles. The molecule has 1 saturated heterocycles. The summed E-state index contributed by atoms with van der Waals surface area (Å²) in [6.07, 6.45) is 3.48. The number of hydrogen-bond acceptors (Lipinski definition) is 4. The Balaban J connectivity index is 1.63. The minimum absolute atomic E-state index is 0.460. The molecule has 0 bridgehead atoms. The van der Waals surface area contributed by atoms with Crippen molar-refractivity contribution < 1.29 is 4.74 Å². The van der Waals surface area contributed by atoms with Gasteiger partial charge in [-0.2, -0.15) is 16.4 Å². The fourth-order valence-electron chi connectivity index (χ4n) is 3.65. The van der Waals surface area contributed by atoms with Crippen LogP contribution in [0.3, 0.4) is 0 Å². The molecule has 2 aliphatic rings. The number of fused-ring (bicyclic) bond motifs is 1. The first-order valence-corrected chi connectivity index (χ1v) is 8.64. The Hall–Kier alpha value is -1.17. The summed E-state index contributed by atoms with van der Waals surface area (Å²) in [6, 6.07) is 2.69. The maximum Gasteiger partial charge on any atom is 0.0854 e. The van der Waals surface area contributed by atoms with E-state index in [-0.39, 0.29) is 0 Å². The van der Waals surface area contributed by atoms with Gasteiger partial charge >= 0.3 is 0 Å². The van der Waals surface area contributed by atoms with Gasteiger partial charge in [-0.25, -0.2) is 0 Å². The van der Waals surface area contributed by atoms with Crippen molar-refractivity contribution in [3.8, 4) is 0 Å². The van der Waals surface area contributed by atoms with Gasteiger partial charge in [0.15, 0.2) is 0 Å². The van der Waals surface area contributed by atoms with Gasteiger partial charge < -0.3 is 4.74 Å². The predicted octanol–water partition coefficient (Wildman–Crippen LogP) is 2.89. The lowest BCUT2D eigenvalue weighted by Gasteiger charge is -2.24. The van der Waals surface area contributed by atoms with Crippen LogP contribution < -0.4 is 0 Å². The number of aryl methyl sites for hydroxylation is 1. The lowest BCUT2D eigenvalue weighted by Crippen LogP contribution is -2.24. The van der Waals surface area contributed by atoms with Crippen molar-refractivity contribution in [2.24, 2.45) is 7.05 Å². The minimum Gasteiger partial charge on any atom is -0.376 e. The van der Waals surface area contributed by atoms with Crippen molar-refractivity contribution in [2.45, 2.75) is 38.5 Å². The fourth-order valence-corrected chi connectivity index (χ4v) is 4.31. The van der Waals surface area contributed by atoms with Gasteiger partial charge in [0.1, 0.15) is 0 Å². The number of likely N-dealkylation sites (tertiary alicyclic amines) is 1. The molecular formula is C16H21N3OS. The van der Waals surface area contributed by atoms with Crippen molar-refractivity contribution >= 4 is 11.3 Å². The first kappa shape index (κ1) is 13.5. The summed E-state index contributed by atoms with van der Waals surface area (Å²) in [4.78, 5) is 2.58. The van der Waals surface area contributed by atoms with Crippen molar-refractivity contribution in [3.05, 3.63) is 39.3 Å². The second kappa shape index (κ2) is 5.55. The van der Waals surface area contributed by atoms with Crippen molar-refractivity contribution in [3.63, 3.8) is 0 Å². The molecular weight excluding hydrogens is 282 g/mol. The van der Waals surface area contributed by atoms with Gasteiger partial charge in [-0.3, -0.25) is 9.58 Å². The Bertz CT molecular complexity index is 620. The highest BCUT2D eigenvalue weighted by atomic mass is 32.1. The van der Waals surface area contributed by atoms with E-state index in [9.17, 15) is 0 Å². The van der Waals surface area contributed by atoms with Crippen LogP contribution in [0.4, 0.5) is 0 Å². The number of hydrogen-bond donors (Lipinski definition) is 0. The Morgan fingerprint density at radius 3 is 3.29 bits per heavy atom. The lowest BCUT2D eigenvalue weighted by atomic mass is 10.0. The van der Waals surface area contributed by atoms with E-state index in [1.807, 2.05) is 0 Å². The Kier molecular flexibility index (Phi) is 3.57. The second-order valence-corrected chi connectivity index (χ2v) is 6.78. The molecule has 0 amide bonds. The van der Waals surface area contributed by atoms with Gasteiger partial charge in [0, 0.05) is 31.3 Å². The third kappa shape index (κ3) is 2.43. The van der Waals surface area contributed by atoms with Crippen LogP contribution in [0.5, 0.6) is 0 Å². The topological polar surface area (TPSA) is 30.3 Å². The molecule has 1 unspecified atom stereocenters. The van der Waals surface area contributed by atoms with Gasteiger partial charge in [0.2, 0.25) is 0 Å². The highest BCUT2D eigenvalue weighted by Gasteiger charge is 2.32. The molecule has 0 spiro atoms. The first-order chi connectivity index (χ1) is 10.3. The molecule has 0 aliphatic carbocycles. The van der Waals surface area contributed by atoms with Crippen LogP contribution >= 0.6 is 11.3 Å². The van der Waals surface area contributed by atoms with Crippen LogP contribution in [0.25, 0.3) is 0 Å². The standard InChI is InChI=1S/C16H21N3OS/c1-18-14-4-7-20-10-13(14)16(17-18)15-3-2-6-19(15)9-12-5-8-21-11-12/h5,8,11,15H,2-4,6-7,9-10H2,1H3. The molecule has 2 aliphatic heterocycles. The van der Waals surface area contributed by atoms with Crippen LogP contribution in [0.1, 0.15) is 41.4 Å². The van der Waals surface area contributed by atoms with E-state index in [4.69, 9.17) is 9.84 Å². The molecule has 4 nitrogen and oxygen atoms in total. The number of thiophene rings is 1. The van der Waals surface area contributed by atoms with Crippen molar-refractivity contribution in [2.75, 3.05) is 13.2 Å². The number of rotatable bonds is 3. The zero-order valence-electron chi connectivity index (χ0n) is 12.4. The summed E-state index contributed by atoms with van der Waals surface area (Å²) in [5.74, 6) is 0. The highest BCUT2D eigenvalue weighted by Crippen LogP contribution is 2.36. The molecule has 2 aromatic heterocycles. The molecule has 4 rings (SSSR count). The largest absolute Gasteiger partial charge is 0.376 e.